The van der Waals surface area contributed by atoms with Gasteiger partial charge in [-0.1, -0.05) is 0 Å². The lowest BCUT2D eigenvalue weighted by molar-refractivity contribution is -0.393. The number of aliphatic carboxylic acids is 1. The first-order chi connectivity index (χ1) is 22.9. The molecule has 1 aromatic carbocycles. The molecule has 0 aromatic heterocycles. The lowest BCUT2D eigenvalue weighted by atomic mass is 10.2. The zero-order chi connectivity index (χ0) is 34.2. The van der Waals surface area contributed by atoms with E-state index in [0.29, 0.717) is 112 Å². The van der Waals surface area contributed by atoms with Gasteiger partial charge in [0.2, 0.25) is 0 Å². The molecule has 0 bridgehead atoms. The monoisotopic (exact) mass is 681 g/mol. The number of carboxylic acids is 1. The van der Waals surface area contributed by atoms with Crippen LogP contribution in [-0.2, 0) is 52.2 Å². The molecule has 0 aliphatic carbocycles. The standard InChI is InChI=1S/C28H47N3O16/c32-28(33)24-47-22-21-46-20-19-45-18-17-44-16-15-43-14-13-42-12-11-41-10-9-40-8-7-39-6-5-38-4-3-29-26-2-1-25(30(34)35)23-27(26)31(36)37/h1-2,23,29H,3-22,24H2,(H,32,33). The highest BCUT2D eigenvalue weighted by Gasteiger charge is 2.19. The zero-order valence-electron chi connectivity index (χ0n) is 26.5. The fourth-order valence-electron chi connectivity index (χ4n) is 3.33. The molecule has 0 radical (unpaired) electrons. The number of non-ortho nitro benzene ring substituents is 1. The second kappa shape index (κ2) is 30.2. The number of nitrogens with zero attached hydrogens (tertiary/aromatic N) is 2. The average molecular weight is 682 g/mol. The summed E-state index contributed by atoms with van der Waals surface area (Å²) in [6, 6.07) is 3.41. The molecule has 0 aliphatic heterocycles. The Kier molecular flexibility index (Phi) is 27.0. The SMILES string of the molecule is O=C(O)COCCOCCOCCOCCOCCOCCOCCOCCOCCOCCNc1ccc([N+](=O)[O-])cc1[N+](=O)[O-]. The highest BCUT2D eigenvalue weighted by atomic mass is 16.6. The molecular formula is C28H47N3O16. The van der Waals surface area contributed by atoms with Crippen molar-refractivity contribution in [1.82, 2.24) is 0 Å². The number of carbonyl (C=O) groups is 1. The minimum Gasteiger partial charge on any atom is -0.480 e. The van der Waals surface area contributed by atoms with E-state index in [1.54, 1.807) is 0 Å². The molecule has 0 aliphatic rings. The first kappa shape index (κ1) is 41.9. The zero-order valence-corrected chi connectivity index (χ0v) is 26.5. The van der Waals surface area contributed by atoms with Crippen LogP contribution in [0.15, 0.2) is 18.2 Å². The number of benzene rings is 1. The van der Waals surface area contributed by atoms with Crippen LogP contribution < -0.4 is 5.32 Å². The first-order valence-electron chi connectivity index (χ1n) is 15.1. The molecule has 0 unspecified atom stereocenters. The van der Waals surface area contributed by atoms with E-state index in [1.165, 1.54) is 12.1 Å². The third-order valence-corrected chi connectivity index (χ3v) is 5.52. The number of nitro groups is 2. The molecule has 0 spiro atoms. The lowest BCUT2D eigenvalue weighted by Crippen LogP contribution is -2.16. The van der Waals surface area contributed by atoms with Gasteiger partial charge in [0.1, 0.15) is 12.3 Å². The van der Waals surface area contributed by atoms with Crippen LogP contribution in [0.2, 0.25) is 0 Å². The number of hydrogen-bond acceptors (Lipinski definition) is 16. The fourth-order valence-corrected chi connectivity index (χ4v) is 3.33. The molecule has 19 heteroatoms. The highest BCUT2D eigenvalue weighted by Crippen LogP contribution is 2.28. The largest absolute Gasteiger partial charge is 0.480 e. The molecule has 2 N–H and O–H groups in total. The third kappa shape index (κ3) is 25.6. The summed E-state index contributed by atoms with van der Waals surface area (Å²) in [5, 5.41) is 33.2. The van der Waals surface area contributed by atoms with Crippen LogP contribution in [0.4, 0.5) is 17.1 Å². The number of anilines is 1. The van der Waals surface area contributed by atoms with Crippen LogP contribution in [0.25, 0.3) is 0 Å². The van der Waals surface area contributed by atoms with E-state index >= 15 is 0 Å². The van der Waals surface area contributed by atoms with Gasteiger partial charge in [-0.3, -0.25) is 20.2 Å². The van der Waals surface area contributed by atoms with Crippen molar-refractivity contribution in [2.45, 2.75) is 0 Å². The smallest absolute Gasteiger partial charge is 0.329 e. The minimum atomic E-state index is -1.01. The average Bonchev–Trinajstić information content (AvgIpc) is 3.05. The topological polar surface area (TPSA) is 228 Å². The fraction of sp³-hybridized carbons (Fsp3) is 0.750. The summed E-state index contributed by atoms with van der Waals surface area (Å²) in [6.07, 6.45) is 0. The molecule has 270 valence electrons. The van der Waals surface area contributed by atoms with Crippen molar-refractivity contribution >= 4 is 23.0 Å². The molecule has 0 atom stereocenters. The van der Waals surface area contributed by atoms with E-state index in [0.717, 1.165) is 6.07 Å². The number of rotatable bonds is 35. The molecule has 1 rings (SSSR count). The summed E-state index contributed by atoms with van der Waals surface area (Å²) in [5.41, 5.74) is -0.543. The van der Waals surface area contributed by atoms with Gasteiger partial charge in [0.25, 0.3) is 11.4 Å². The number of nitro benzene ring substituents is 2. The van der Waals surface area contributed by atoms with E-state index < -0.39 is 15.8 Å². The van der Waals surface area contributed by atoms with Crippen LogP contribution in [0.1, 0.15) is 0 Å². The Labute approximate surface area is 272 Å². The van der Waals surface area contributed by atoms with Gasteiger partial charge in [-0.2, -0.15) is 0 Å². The van der Waals surface area contributed by atoms with Gasteiger partial charge in [-0.25, -0.2) is 4.79 Å². The molecule has 1 aromatic rings. The maximum absolute atomic E-state index is 11.1. The van der Waals surface area contributed by atoms with Crippen molar-refractivity contribution in [2.24, 2.45) is 0 Å². The van der Waals surface area contributed by atoms with Crippen molar-refractivity contribution in [2.75, 3.05) is 144 Å². The molecule has 47 heavy (non-hydrogen) atoms. The molecule has 0 saturated carbocycles. The first-order valence-corrected chi connectivity index (χ1v) is 15.1. The van der Waals surface area contributed by atoms with Gasteiger partial charge < -0.3 is 57.8 Å². The second-order valence-electron chi connectivity index (χ2n) is 9.10. The Bertz CT molecular complexity index is 958. The van der Waals surface area contributed by atoms with Gasteiger partial charge in [0.05, 0.1) is 141 Å². The summed E-state index contributed by atoms with van der Waals surface area (Å²) in [5.74, 6) is -1.01. The quantitative estimate of drug-likeness (QED) is 0.0582. The van der Waals surface area contributed by atoms with Crippen LogP contribution in [-0.4, -0.2) is 160 Å². The van der Waals surface area contributed by atoms with E-state index in [9.17, 15) is 25.0 Å². The number of carboxylic acid groups (broad SMARTS) is 1. The molecular weight excluding hydrogens is 634 g/mol. The maximum atomic E-state index is 11.1. The molecule has 19 nitrogen and oxygen atoms in total. The molecule has 0 saturated heterocycles. The van der Waals surface area contributed by atoms with Crippen LogP contribution in [0.5, 0.6) is 0 Å². The Hall–Kier alpha value is -3.11. The number of hydrogen-bond donors (Lipinski definition) is 2. The predicted molar refractivity (Wildman–Crippen MR) is 164 cm³/mol. The van der Waals surface area contributed by atoms with E-state index in [-0.39, 0.29) is 43.4 Å². The van der Waals surface area contributed by atoms with Crippen molar-refractivity contribution in [1.29, 1.82) is 0 Å². The van der Waals surface area contributed by atoms with Gasteiger partial charge in [0.15, 0.2) is 0 Å². The normalized spacial score (nSPS) is 11.1. The Morgan fingerprint density at radius 3 is 1.21 bits per heavy atom. The number of nitrogens with one attached hydrogen (secondary N) is 1. The maximum Gasteiger partial charge on any atom is 0.329 e. The lowest BCUT2D eigenvalue weighted by Gasteiger charge is -2.09. The summed E-state index contributed by atoms with van der Waals surface area (Å²) < 4.78 is 53.3. The van der Waals surface area contributed by atoms with Crippen molar-refractivity contribution in [3.63, 3.8) is 0 Å². The Morgan fingerprint density at radius 2 is 0.894 bits per heavy atom. The summed E-state index contributed by atoms with van der Waals surface area (Å²) in [7, 11) is 0. The van der Waals surface area contributed by atoms with Gasteiger partial charge in [-0.15, -0.1) is 0 Å². The summed E-state index contributed by atoms with van der Waals surface area (Å²) in [6.45, 7) is 7.47. The summed E-state index contributed by atoms with van der Waals surface area (Å²) >= 11 is 0. The van der Waals surface area contributed by atoms with Gasteiger partial charge >= 0.3 is 5.97 Å². The summed E-state index contributed by atoms with van der Waals surface area (Å²) in [4.78, 5) is 30.8. The van der Waals surface area contributed by atoms with Gasteiger partial charge in [-0.05, 0) is 6.07 Å². The highest BCUT2D eigenvalue weighted by molar-refractivity contribution is 5.68. The van der Waals surface area contributed by atoms with Crippen LogP contribution in [0, 0.1) is 20.2 Å². The van der Waals surface area contributed by atoms with Crippen LogP contribution >= 0.6 is 0 Å². The van der Waals surface area contributed by atoms with E-state index in [2.05, 4.69) is 5.32 Å². The number of ether oxygens (including phenoxy) is 10. The third-order valence-electron chi connectivity index (χ3n) is 5.52. The van der Waals surface area contributed by atoms with Crippen molar-refractivity contribution < 1.29 is 67.1 Å². The van der Waals surface area contributed by atoms with E-state index in [1.807, 2.05) is 0 Å². The van der Waals surface area contributed by atoms with Crippen molar-refractivity contribution in [3.8, 4) is 0 Å². The molecule has 0 amide bonds. The molecule has 0 heterocycles. The Balaban J connectivity index is 1.74. The Morgan fingerprint density at radius 1 is 0.553 bits per heavy atom. The van der Waals surface area contributed by atoms with E-state index in [4.69, 9.17) is 52.5 Å². The minimum absolute atomic E-state index is 0.180. The van der Waals surface area contributed by atoms with Crippen molar-refractivity contribution in [3.05, 3.63) is 38.4 Å². The van der Waals surface area contributed by atoms with Gasteiger partial charge in [0, 0.05) is 12.6 Å². The molecule has 0 fully saturated rings. The second-order valence-corrected chi connectivity index (χ2v) is 9.10. The predicted octanol–water partition coefficient (Wildman–Crippen LogP) is 1.17. The van der Waals surface area contributed by atoms with Crippen LogP contribution in [0.3, 0.4) is 0 Å².